The van der Waals surface area contributed by atoms with Crippen LogP contribution in [0.5, 0.6) is 5.75 Å². The molecule has 0 radical (unpaired) electrons. The summed E-state index contributed by atoms with van der Waals surface area (Å²) in [6.07, 6.45) is 0. The van der Waals surface area contributed by atoms with Gasteiger partial charge >= 0.3 is 0 Å². The van der Waals surface area contributed by atoms with E-state index >= 15 is 0 Å². The summed E-state index contributed by atoms with van der Waals surface area (Å²) in [6, 6.07) is 3.09. The lowest BCUT2D eigenvalue weighted by atomic mass is 10.3. The van der Waals surface area contributed by atoms with Crippen molar-refractivity contribution in [2.75, 3.05) is 0 Å². The average molecular weight is 394 g/mol. The van der Waals surface area contributed by atoms with Crippen LogP contribution in [0.4, 0.5) is 0 Å². The minimum atomic E-state index is -2.55. The summed E-state index contributed by atoms with van der Waals surface area (Å²) >= 11 is 7.19. The van der Waals surface area contributed by atoms with E-state index in [0.29, 0.717) is 8.95 Å². The molecule has 1 rings (SSSR count). The van der Waals surface area contributed by atoms with E-state index in [0.717, 1.165) is 4.47 Å². The first kappa shape index (κ1) is 11.6. The van der Waals surface area contributed by atoms with Crippen molar-refractivity contribution in [3.05, 3.63) is 25.6 Å². The van der Waals surface area contributed by atoms with Crippen LogP contribution in [0, 0.1) is 0 Å². The highest BCUT2D eigenvalue weighted by Crippen LogP contribution is 2.34. The van der Waals surface area contributed by atoms with Crippen molar-refractivity contribution >= 4 is 59.2 Å². The molecule has 0 fully saturated rings. The minimum absolute atomic E-state index is 0.246. The summed E-state index contributed by atoms with van der Waals surface area (Å²) in [7, 11) is 0. The number of rotatable bonds is 2. The van der Waals surface area contributed by atoms with Gasteiger partial charge < -0.3 is 8.74 Å². The highest BCUT2D eigenvalue weighted by molar-refractivity contribution is 9.14. The van der Waals surface area contributed by atoms with Gasteiger partial charge in [-0.05, 0) is 59.9 Å². The Morgan fingerprint density at radius 3 is 2.08 bits per heavy atom. The van der Waals surface area contributed by atoms with Crippen LogP contribution >= 0.6 is 47.8 Å². The highest BCUT2D eigenvalue weighted by atomic mass is 79.9. The van der Waals surface area contributed by atoms with Gasteiger partial charge in [-0.15, -0.1) is 0 Å². The van der Waals surface area contributed by atoms with Crippen molar-refractivity contribution in [2.45, 2.75) is 0 Å². The Morgan fingerprint density at radius 2 is 1.69 bits per heavy atom. The Bertz CT molecular complexity index is 332. The van der Waals surface area contributed by atoms with Gasteiger partial charge in [-0.25, -0.2) is 4.21 Å². The van der Waals surface area contributed by atoms with Gasteiger partial charge in [0.15, 0.2) is 0 Å². The van der Waals surface area contributed by atoms with E-state index in [-0.39, 0.29) is 5.75 Å². The van der Waals surface area contributed by atoms with Gasteiger partial charge in [0.1, 0.15) is 17.1 Å². The van der Waals surface area contributed by atoms with Gasteiger partial charge in [0.2, 0.25) is 0 Å². The molecule has 0 bridgehead atoms. The van der Waals surface area contributed by atoms with Crippen LogP contribution in [-0.4, -0.2) is 8.76 Å². The molecule has 0 saturated heterocycles. The highest BCUT2D eigenvalue weighted by Gasteiger charge is 2.05. The lowest BCUT2D eigenvalue weighted by Gasteiger charge is -2.08. The fraction of sp³-hybridized carbons (Fsp3) is 0. The second-order valence-electron chi connectivity index (χ2n) is 1.99. The van der Waals surface area contributed by atoms with E-state index in [1.807, 2.05) is 0 Å². The Labute approximate surface area is 103 Å². The third-order valence-corrected chi connectivity index (χ3v) is 4.62. The number of hydrogen-bond donors (Lipinski definition) is 0. The molecule has 0 aliphatic rings. The van der Waals surface area contributed by atoms with E-state index in [1.54, 1.807) is 12.1 Å². The third-order valence-electron chi connectivity index (χ3n) is 1.12. The van der Waals surface area contributed by atoms with Gasteiger partial charge in [0.25, 0.3) is 0 Å². The van der Waals surface area contributed by atoms with Crippen molar-refractivity contribution in [1.29, 1.82) is 0 Å². The minimum Gasteiger partial charge on any atom is -0.740 e. The Morgan fingerprint density at radius 1 is 1.23 bits per heavy atom. The molecule has 1 unspecified atom stereocenters. The van der Waals surface area contributed by atoms with E-state index in [9.17, 15) is 8.76 Å². The molecular formula is C6H2Br3O3S-. The molecule has 0 aromatic heterocycles. The van der Waals surface area contributed by atoms with Crippen molar-refractivity contribution in [1.82, 2.24) is 0 Å². The van der Waals surface area contributed by atoms with Crippen LogP contribution in [0.15, 0.2) is 25.6 Å². The second-order valence-corrected chi connectivity index (χ2v) is 5.06. The molecule has 0 saturated carbocycles. The first-order chi connectivity index (χ1) is 6.00. The van der Waals surface area contributed by atoms with Gasteiger partial charge in [0.05, 0.1) is 0 Å². The third kappa shape index (κ3) is 3.32. The van der Waals surface area contributed by atoms with Crippen molar-refractivity contribution in [3.8, 4) is 5.75 Å². The fourth-order valence-corrected chi connectivity index (χ4v) is 2.29. The smallest absolute Gasteiger partial charge is 0.141 e. The van der Waals surface area contributed by atoms with E-state index in [2.05, 4.69) is 52.0 Å². The average Bonchev–Trinajstić information content (AvgIpc) is 1.98. The second kappa shape index (κ2) is 4.88. The zero-order valence-corrected chi connectivity index (χ0v) is 11.5. The summed E-state index contributed by atoms with van der Waals surface area (Å²) in [6.45, 7) is 0. The first-order valence-corrected chi connectivity index (χ1v) is 6.30. The lowest BCUT2D eigenvalue weighted by Crippen LogP contribution is -1.97. The first-order valence-electron chi connectivity index (χ1n) is 2.93. The molecule has 0 spiro atoms. The van der Waals surface area contributed by atoms with Crippen LogP contribution in [0.25, 0.3) is 0 Å². The number of benzene rings is 1. The van der Waals surface area contributed by atoms with Crippen LogP contribution in [-0.2, 0) is 11.4 Å². The standard InChI is InChI=1S/C6H3Br3O3S/c7-4-1-3(12-13(10)11)2-5(8)6(4)9/h1-2H,(H,10,11)/p-1. The predicted molar refractivity (Wildman–Crippen MR) is 59.1 cm³/mol. The molecule has 13 heavy (non-hydrogen) atoms. The number of hydrogen-bond acceptors (Lipinski definition) is 3. The topological polar surface area (TPSA) is 49.4 Å². The summed E-state index contributed by atoms with van der Waals surface area (Å²) in [5, 5.41) is 0. The van der Waals surface area contributed by atoms with Crippen molar-refractivity contribution in [3.63, 3.8) is 0 Å². The molecule has 1 aromatic rings. The zero-order chi connectivity index (χ0) is 10.0. The molecule has 1 aromatic carbocycles. The van der Waals surface area contributed by atoms with E-state index in [1.165, 1.54) is 0 Å². The molecule has 72 valence electrons. The van der Waals surface area contributed by atoms with Crippen LogP contribution < -0.4 is 4.18 Å². The maximum absolute atomic E-state index is 10.2. The molecule has 0 amide bonds. The molecular weight excluding hydrogens is 392 g/mol. The lowest BCUT2D eigenvalue weighted by molar-refractivity contribution is 0.440. The predicted octanol–water partition coefficient (Wildman–Crippen LogP) is 3.15. The van der Waals surface area contributed by atoms with Crippen LogP contribution in [0.2, 0.25) is 0 Å². The molecule has 0 aliphatic carbocycles. The summed E-state index contributed by atoms with van der Waals surface area (Å²) in [5.41, 5.74) is 0. The normalized spacial score (nSPS) is 12.6. The Balaban J connectivity index is 3.06. The Kier molecular flexibility index (Phi) is 4.37. The van der Waals surface area contributed by atoms with Crippen LogP contribution in [0.3, 0.4) is 0 Å². The zero-order valence-electron chi connectivity index (χ0n) is 5.92. The molecule has 0 N–H and O–H groups in total. The monoisotopic (exact) mass is 391 g/mol. The maximum atomic E-state index is 10.2. The quantitative estimate of drug-likeness (QED) is 0.573. The summed E-state index contributed by atoms with van der Waals surface area (Å²) in [4.78, 5) is 0. The molecule has 1 atom stereocenters. The number of halogens is 3. The maximum Gasteiger partial charge on any atom is 0.141 e. The van der Waals surface area contributed by atoms with Gasteiger partial charge in [0, 0.05) is 13.4 Å². The van der Waals surface area contributed by atoms with Gasteiger partial charge in [-0.1, -0.05) is 0 Å². The molecule has 3 nitrogen and oxygen atoms in total. The van der Waals surface area contributed by atoms with Crippen molar-refractivity contribution < 1.29 is 12.9 Å². The molecule has 7 heteroatoms. The molecule has 0 heterocycles. The van der Waals surface area contributed by atoms with Crippen LogP contribution in [0.1, 0.15) is 0 Å². The van der Waals surface area contributed by atoms with E-state index < -0.39 is 11.4 Å². The largest absolute Gasteiger partial charge is 0.740 e. The fourth-order valence-electron chi connectivity index (χ4n) is 0.659. The van der Waals surface area contributed by atoms with Crippen molar-refractivity contribution in [2.24, 2.45) is 0 Å². The molecule has 0 aliphatic heterocycles. The summed E-state index contributed by atoms with van der Waals surface area (Å²) < 4.78 is 27.1. The summed E-state index contributed by atoms with van der Waals surface area (Å²) in [5.74, 6) is 0.246. The van der Waals surface area contributed by atoms with Gasteiger partial charge in [-0.2, -0.15) is 0 Å². The Hall–Kier alpha value is 0.570. The van der Waals surface area contributed by atoms with E-state index in [4.69, 9.17) is 0 Å². The van der Waals surface area contributed by atoms with Gasteiger partial charge in [-0.3, -0.25) is 0 Å². The SMILES string of the molecule is O=S([O-])Oc1cc(Br)c(Br)c(Br)c1.